The van der Waals surface area contributed by atoms with Crippen LogP contribution in [0.5, 0.6) is 0 Å². The minimum atomic E-state index is 0.369. The highest BCUT2D eigenvalue weighted by atomic mass is 15.0. The average molecular weight is 260 g/mol. The van der Waals surface area contributed by atoms with E-state index in [1.807, 2.05) is 0 Å². The molecule has 0 radical (unpaired) electrons. The lowest BCUT2D eigenvalue weighted by Gasteiger charge is -2.25. The molecule has 3 N–H and O–H groups in total. The molecule has 1 aliphatic rings. The molecule has 3 atom stereocenters. The minimum absolute atomic E-state index is 0.369. The van der Waals surface area contributed by atoms with Crippen LogP contribution in [-0.2, 0) is 0 Å². The van der Waals surface area contributed by atoms with E-state index in [0.29, 0.717) is 23.3 Å². The van der Waals surface area contributed by atoms with Crippen LogP contribution < -0.4 is 11.1 Å². The molecule has 0 heterocycles. The van der Waals surface area contributed by atoms with Gasteiger partial charge in [-0.3, -0.25) is 0 Å². The molecule has 0 amide bonds. The molecule has 3 unspecified atom stereocenters. The second-order valence-electron chi connectivity index (χ2n) is 7.13. The lowest BCUT2D eigenvalue weighted by atomic mass is 9.84. The zero-order chi connectivity index (χ0) is 13.9. The molecule has 1 saturated carbocycles. The van der Waals surface area contributed by atoms with E-state index < -0.39 is 0 Å². The number of hydrogen-bond donors (Lipinski definition) is 2. The van der Waals surface area contributed by atoms with E-state index in [9.17, 15) is 0 Å². The van der Waals surface area contributed by atoms with Crippen LogP contribution in [0.4, 0.5) is 0 Å². The summed E-state index contributed by atoms with van der Waals surface area (Å²) in [6.07, 6.45) is 2.47. The van der Waals surface area contributed by atoms with Gasteiger partial charge in [0, 0.05) is 12.0 Å². The number of nitrogens with two attached hydrogens (primary N) is 1. The maximum absolute atomic E-state index is 5.89. The first-order chi connectivity index (χ1) is 8.99. The van der Waals surface area contributed by atoms with Gasteiger partial charge in [-0.15, -0.1) is 0 Å². The number of hydrogen-bond acceptors (Lipinski definition) is 2. The Morgan fingerprint density at radius 3 is 2.53 bits per heavy atom. The van der Waals surface area contributed by atoms with E-state index in [0.717, 1.165) is 13.1 Å². The SMILES string of the molecule is CC(C)(C)CC(CN)CNC1CC1c1ccccc1. The molecule has 1 aliphatic carbocycles. The molecule has 1 aromatic rings. The van der Waals surface area contributed by atoms with Crippen molar-refractivity contribution in [1.29, 1.82) is 0 Å². The smallest absolute Gasteiger partial charge is 0.0143 e. The predicted octanol–water partition coefficient (Wildman–Crippen LogP) is 3.14. The lowest BCUT2D eigenvalue weighted by Crippen LogP contribution is -2.32. The molecular weight excluding hydrogens is 232 g/mol. The molecule has 1 aromatic carbocycles. The monoisotopic (exact) mass is 260 g/mol. The van der Waals surface area contributed by atoms with Gasteiger partial charge in [-0.05, 0) is 42.8 Å². The van der Waals surface area contributed by atoms with Gasteiger partial charge < -0.3 is 11.1 Å². The van der Waals surface area contributed by atoms with Crippen LogP contribution in [0.1, 0.15) is 45.1 Å². The third-order valence-electron chi connectivity index (χ3n) is 3.92. The summed E-state index contributed by atoms with van der Waals surface area (Å²) in [5, 5.41) is 3.70. The highest BCUT2D eigenvalue weighted by molar-refractivity contribution is 5.27. The number of rotatable bonds is 6. The van der Waals surface area contributed by atoms with E-state index in [4.69, 9.17) is 5.73 Å². The second kappa shape index (κ2) is 6.06. The molecule has 0 spiro atoms. The van der Waals surface area contributed by atoms with Crippen LogP contribution in [0.2, 0.25) is 0 Å². The first-order valence-electron chi connectivity index (χ1n) is 7.48. The summed E-state index contributed by atoms with van der Waals surface area (Å²) >= 11 is 0. The summed E-state index contributed by atoms with van der Waals surface area (Å²) in [4.78, 5) is 0. The van der Waals surface area contributed by atoms with Gasteiger partial charge in [-0.25, -0.2) is 0 Å². The zero-order valence-corrected chi connectivity index (χ0v) is 12.5. The van der Waals surface area contributed by atoms with Crippen LogP contribution in [0.3, 0.4) is 0 Å². The largest absolute Gasteiger partial charge is 0.330 e. The molecule has 2 rings (SSSR count). The van der Waals surface area contributed by atoms with Crippen molar-refractivity contribution in [3.05, 3.63) is 35.9 Å². The molecule has 1 fully saturated rings. The van der Waals surface area contributed by atoms with Crippen LogP contribution in [0.25, 0.3) is 0 Å². The van der Waals surface area contributed by atoms with Gasteiger partial charge >= 0.3 is 0 Å². The molecule has 0 bridgehead atoms. The number of nitrogens with one attached hydrogen (secondary N) is 1. The van der Waals surface area contributed by atoms with Crippen molar-refractivity contribution in [3.8, 4) is 0 Å². The Morgan fingerprint density at radius 2 is 1.95 bits per heavy atom. The van der Waals surface area contributed by atoms with Crippen molar-refractivity contribution in [3.63, 3.8) is 0 Å². The van der Waals surface area contributed by atoms with Gasteiger partial charge in [0.1, 0.15) is 0 Å². The van der Waals surface area contributed by atoms with Crippen LogP contribution in [-0.4, -0.2) is 19.1 Å². The van der Waals surface area contributed by atoms with Gasteiger partial charge in [0.25, 0.3) is 0 Å². The van der Waals surface area contributed by atoms with Crippen LogP contribution in [0.15, 0.2) is 30.3 Å². The Kier molecular flexibility index (Phi) is 4.64. The fourth-order valence-corrected chi connectivity index (χ4v) is 2.91. The Morgan fingerprint density at radius 1 is 1.26 bits per heavy atom. The van der Waals surface area contributed by atoms with E-state index in [1.54, 1.807) is 0 Å². The standard InChI is InChI=1S/C17H28N2/c1-17(2,3)10-13(11-18)12-19-16-9-15(16)14-7-5-4-6-8-14/h4-8,13,15-16,19H,9-12,18H2,1-3H3. The molecule has 2 heteroatoms. The average Bonchev–Trinajstić information content (AvgIpc) is 3.14. The molecule has 2 nitrogen and oxygen atoms in total. The van der Waals surface area contributed by atoms with E-state index in [2.05, 4.69) is 56.4 Å². The van der Waals surface area contributed by atoms with Crippen molar-refractivity contribution < 1.29 is 0 Å². The molecule has 0 aromatic heterocycles. The summed E-state index contributed by atoms with van der Waals surface area (Å²) < 4.78 is 0. The maximum Gasteiger partial charge on any atom is 0.0143 e. The van der Waals surface area contributed by atoms with Crippen molar-refractivity contribution in [2.75, 3.05) is 13.1 Å². The van der Waals surface area contributed by atoms with Gasteiger partial charge in [0.2, 0.25) is 0 Å². The Bertz CT molecular complexity index is 380. The van der Waals surface area contributed by atoms with Gasteiger partial charge in [0.05, 0.1) is 0 Å². The lowest BCUT2D eigenvalue weighted by molar-refractivity contribution is 0.289. The van der Waals surface area contributed by atoms with Crippen LogP contribution >= 0.6 is 0 Å². The minimum Gasteiger partial charge on any atom is -0.330 e. The second-order valence-corrected chi connectivity index (χ2v) is 7.13. The third-order valence-corrected chi connectivity index (χ3v) is 3.92. The molecule has 0 aliphatic heterocycles. The fourth-order valence-electron chi connectivity index (χ4n) is 2.91. The highest BCUT2D eigenvalue weighted by Crippen LogP contribution is 2.40. The summed E-state index contributed by atoms with van der Waals surface area (Å²) in [6, 6.07) is 11.5. The number of benzene rings is 1. The van der Waals surface area contributed by atoms with Gasteiger partial charge in [-0.1, -0.05) is 51.1 Å². The molecule has 106 valence electrons. The van der Waals surface area contributed by atoms with Crippen molar-refractivity contribution >= 4 is 0 Å². The van der Waals surface area contributed by atoms with Gasteiger partial charge in [0.15, 0.2) is 0 Å². The zero-order valence-electron chi connectivity index (χ0n) is 12.5. The Hall–Kier alpha value is -0.860. The normalized spacial score (nSPS) is 24.2. The van der Waals surface area contributed by atoms with E-state index in [1.165, 1.54) is 18.4 Å². The molecule has 0 saturated heterocycles. The first-order valence-corrected chi connectivity index (χ1v) is 7.48. The van der Waals surface area contributed by atoms with Crippen molar-refractivity contribution in [2.24, 2.45) is 17.1 Å². The Labute approximate surface area is 117 Å². The van der Waals surface area contributed by atoms with Crippen molar-refractivity contribution in [2.45, 2.75) is 45.6 Å². The molecule has 19 heavy (non-hydrogen) atoms. The summed E-state index contributed by atoms with van der Waals surface area (Å²) in [5.74, 6) is 1.31. The molecular formula is C17H28N2. The summed E-state index contributed by atoms with van der Waals surface area (Å²) in [5.41, 5.74) is 7.73. The van der Waals surface area contributed by atoms with Crippen LogP contribution in [0, 0.1) is 11.3 Å². The van der Waals surface area contributed by atoms with Gasteiger partial charge in [-0.2, -0.15) is 0 Å². The highest BCUT2D eigenvalue weighted by Gasteiger charge is 2.38. The topological polar surface area (TPSA) is 38.0 Å². The fraction of sp³-hybridized carbons (Fsp3) is 0.647. The Balaban J connectivity index is 1.75. The van der Waals surface area contributed by atoms with E-state index >= 15 is 0 Å². The van der Waals surface area contributed by atoms with E-state index in [-0.39, 0.29) is 0 Å². The third kappa shape index (κ3) is 4.63. The predicted molar refractivity (Wildman–Crippen MR) is 82.2 cm³/mol. The summed E-state index contributed by atoms with van der Waals surface area (Å²) in [7, 11) is 0. The first kappa shape index (κ1) is 14.5. The quantitative estimate of drug-likeness (QED) is 0.824. The summed E-state index contributed by atoms with van der Waals surface area (Å²) in [6.45, 7) is 8.72. The van der Waals surface area contributed by atoms with Crippen molar-refractivity contribution in [1.82, 2.24) is 5.32 Å². The maximum atomic E-state index is 5.89.